The molecule has 3 N–H and O–H groups in total. The topological polar surface area (TPSA) is 85.7 Å². The van der Waals surface area contributed by atoms with Gasteiger partial charge in [-0.25, -0.2) is 4.98 Å². The van der Waals surface area contributed by atoms with Gasteiger partial charge in [0.2, 0.25) is 5.91 Å². The van der Waals surface area contributed by atoms with Crippen molar-refractivity contribution < 1.29 is 15.0 Å². The van der Waals surface area contributed by atoms with Gasteiger partial charge in [-0.2, -0.15) is 0 Å². The molecule has 94 valence electrons. The minimum absolute atomic E-state index is 0.159. The molecule has 0 aromatic carbocycles. The highest BCUT2D eigenvalue weighted by Crippen LogP contribution is 2.15. The van der Waals surface area contributed by atoms with E-state index < -0.39 is 12.2 Å². The lowest BCUT2D eigenvalue weighted by Crippen LogP contribution is -2.32. The lowest BCUT2D eigenvalue weighted by Gasteiger charge is -2.13. The fraction of sp³-hybridized carbons (Fsp3) is 0.600. The summed E-state index contributed by atoms with van der Waals surface area (Å²) in [5, 5.41) is 23.8. The van der Waals surface area contributed by atoms with Crippen molar-refractivity contribution in [1.82, 2.24) is 9.88 Å². The number of thiazole rings is 1. The van der Waals surface area contributed by atoms with Crippen LogP contribution in [-0.2, 0) is 4.79 Å². The molecular formula is C10H15N3O3S. The molecule has 1 aliphatic rings. The standard InChI is InChI=1S/C10H15N3O3S/c1-6-5-17-10(11-6)12-9(16)4-13-2-7(14)8(15)3-13/h5,7-8,14-15H,2-4H2,1H3,(H,11,12,16)/t7-,8+. The second kappa shape index (κ2) is 5.09. The first kappa shape index (κ1) is 12.4. The van der Waals surface area contributed by atoms with Crippen molar-refractivity contribution in [3.8, 4) is 0 Å². The Hall–Kier alpha value is -1.02. The van der Waals surface area contributed by atoms with Crippen molar-refractivity contribution in [3.05, 3.63) is 11.1 Å². The van der Waals surface area contributed by atoms with Gasteiger partial charge in [0.1, 0.15) is 0 Å². The van der Waals surface area contributed by atoms with Gasteiger partial charge < -0.3 is 15.5 Å². The van der Waals surface area contributed by atoms with Crippen molar-refractivity contribution in [2.24, 2.45) is 0 Å². The lowest BCUT2D eigenvalue weighted by atomic mass is 10.3. The predicted octanol–water partition coefficient (Wildman–Crippen LogP) is -0.573. The molecule has 1 amide bonds. The second-order valence-corrected chi connectivity index (χ2v) is 5.03. The molecule has 2 atom stereocenters. The van der Waals surface area contributed by atoms with E-state index in [9.17, 15) is 15.0 Å². The molecule has 0 radical (unpaired) electrons. The van der Waals surface area contributed by atoms with Gasteiger partial charge in [0, 0.05) is 18.5 Å². The minimum atomic E-state index is -0.759. The molecular weight excluding hydrogens is 242 g/mol. The van der Waals surface area contributed by atoms with E-state index in [1.807, 2.05) is 12.3 Å². The smallest absolute Gasteiger partial charge is 0.240 e. The first-order valence-corrected chi connectivity index (χ1v) is 6.23. The predicted molar refractivity (Wildman–Crippen MR) is 63.9 cm³/mol. The van der Waals surface area contributed by atoms with E-state index in [0.29, 0.717) is 18.2 Å². The first-order valence-electron chi connectivity index (χ1n) is 5.35. The molecule has 6 nitrogen and oxygen atoms in total. The number of hydrogen-bond acceptors (Lipinski definition) is 6. The fourth-order valence-electron chi connectivity index (χ4n) is 1.75. The van der Waals surface area contributed by atoms with Crippen molar-refractivity contribution in [1.29, 1.82) is 0 Å². The number of carbonyl (C=O) groups is 1. The van der Waals surface area contributed by atoms with Gasteiger partial charge in [0.05, 0.1) is 24.4 Å². The second-order valence-electron chi connectivity index (χ2n) is 4.17. The Kier molecular flexibility index (Phi) is 3.72. The molecule has 0 saturated carbocycles. The van der Waals surface area contributed by atoms with Crippen LogP contribution in [0.5, 0.6) is 0 Å². The number of β-amino-alcohol motifs (C(OH)–C–C–N with tert-alkyl or cyclic N) is 2. The monoisotopic (exact) mass is 257 g/mol. The number of aryl methyl sites for hydroxylation is 1. The van der Waals surface area contributed by atoms with E-state index >= 15 is 0 Å². The third-order valence-electron chi connectivity index (χ3n) is 2.57. The van der Waals surface area contributed by atoms with Crippen LogP contribution in [0.3, 0.4) is 0 Å². The average molecular weight is 257 g/mol. The van der Waals surface area contributed by atoms with Gasteiger partial charge in [-0.3, -0.25) is 9.69 Å². The number of nitrogens with one attached hydrogen (secondary N) is 1. The number of aliphatic hydroxyl groups is 2. The number of hydrogen-bond donors (Lipinski definition) is 3. The quantitative estimate of drug-likeness (QED) is 0.675. The fourth-order valence-corrected chi connectivity index (χ4v) is 2.45. The Morgan fingerprint density at radius 1 is 1.59 bits per heavy atom. The summed E-state index contributed by atoms with van der Waals surface area (Å²) in [4.78, 5) is 17.5. The van der Waals surface area contributed by atoms with Crippen molar-refractivity contribution in [2.45, 2.75) is 19.1 Å². The van der Waals surface area contributed by atoms with Gasteiger partial charge in [-0.1, -0.05) is 0 Å². The molecule has 2 rings (SSSR count). The molecule has 1 aromatic rings. The molecule has 17 heavy (non-hydrogen) atoms. The Balaban J connectivity index is 1.82. The molecule has 7 heteroatoms. The SMILES string of the molecule is Cc1csc(NC(=O)CN2C[C@@H](O)[C@@H](O)C2)n1. The van der Waals surface area contributed by atoms with Crippen LogP contribution in [0.15, 0.2) is 5.38 Å². The highest BCUT2D eigenvalue weighted by Gasteiger charge is 2.30. The normalized spacial score (nSPS) is 25.1. The summed E-state index contributed by atoms with van der Waals surface area (Å²) in [6, 6.07) is 0. The van der Waals surface area contributed by atoms with Crippen LogP contribution in [0.25, 0.3) is 0 Å². The zero-order valence-electron chi connectivity index (χ0n) is 9.46. The van der Waals surface area contributed by atoms with Gasteiger partial charge in [0.25, 0.3) is 0 Å². The zero-order valence-corrected chi connectivity index (χ0v) is 10.3. The molecule has 1 aliphatic heterocycles. The Labute approximate surface area is 103 Å². The van der Waals surface area contributed by atoms with Crippen LogP contribution in [0.4, 0.5) is 5.13 Å². The van der Waals surface area contributed by atoms with Crippen LogP contribution in [-0.4, -0.2) is 57.8 Å². The van der Waals surface area contributed by atoms with Gasteiger partial charge in [-0.05, 0) is 6.92 Å². The molecule has 2 heterocycles. The van der Waals surface area contributed by atoms with Crippen LogP contribution in [0, 0.1) is 6.92 Å². The maximum atomic E-state index is 11.6. The molecule has 1 fully saturated rings. The van der Waals surface area contributed by atoms with E-state index in [2.05, 4.69) is 10.3 Å². The number of rotatable bonds is 3. The van der Waals surface area contributed by atoms with Gasteiger partial charge in [-0.15, -0.1) is 11.3 Å². The molecule has 0 bridgehead atoms. The summed E-state index contributed by atoms with van der Waals surface area (Å²) < 4.78 is 0. The number of amides is 1. The Morgan fingerprint density at radius 2 is 2.24 bits per heavy atom. The molecule has 1 aromatic heterocycles. The van der Waals surface area contributed by atoms with E-state index in [-0.39, 0.29) is 12.5 Å². The van der Waals surface area contributed by atoms with E-state index in [1.165, 1.54) is 11.3 Å². The van der Waals surface area contributed by atoms with Crippen molar-refractivity contribution in [2.75, 3.05) is 25.0 Å². The lowest BCUT2D eigenvalue weighted by molar-refractivity contribution is -0.117. The minimum Gasteiger partial charge on any atom is -0.389 e. The number of anilines is 1. The average Bonchev–Trinajstić information content (AvgIpc) is 2.75. The summed E-state index contributed by atoms with van der Waals surface area (Å²) in [5.41, 5.74) is 0.873. The molecule has 0 aliphatic carbocycles. The summed E-state index contributed by atoms with van der Waals surface area (Å²) in [6.45, 7) is 2.67. The van der Waals surface area contributed by atoms with Crippen LogP contribution in [0.1, 0.15) is 5.69 Å². The third kappa shape index (κ3) is 3.22. The van der Waals surface area contributed by atoms with Gasteiger partial charge >= 0.3 is 0 Å². The van der Waals surface area contributed by atoms with Gasteiger partial charge in [0.15, 0.2) is 5.13 Å². The summed E-state index contributed by atoms with van der Waals surface area (Å²) in [5.74, 6) is -0.180. The number of nitrogens with zero attached hydrogens (tertiary/aromatic N) is 2. The maximum Gasteiger partial charge on any atom is 0.240 e. The molecule has 0 unspecified atom stereocenters. The number of aromatic nitrogens is 1. The van der Waals surface area contributed by atoms with E-state index in [4.69, 9.17) is 0 Å². The number of carbonyl (C=O) groups excluding carboxylic acids is 1. The van der Waals surface area contributed by atoms with Crippen molar-refractivity contribution >= 4 is 22.4 Å². The summed E-state index contributed by atoms with van der Waals surface area (Å²) in [6.07, 6.45) is -1.52. The van der Waals surface area contributed by atoms with Crippen LogP contribution < -0.4 is 5.32 Å². The largest absolute Gasteiger partial charge is 0.389 e. The summed E-state index contributed by atoms with van der Waals surface area (Å²) in [7, 11) is 0. The Morgan fingerprint density at radius 3 is 2.76 bits per heavy atom. The number of likely N-dealkylation sites (tertiary alicyclic amines) is 1. The molecule has 1 saturated heterocycles. The van der Waals surface area contributed by atoms with Crippen LogP contribution >= 0.6 is 11.3 Å². The molecule has 0 spiro atoms. The number of aliphatic hydroxyl groups excluding tert-OH is 2. The maximum absolute atomic E-state index is 11.6. The third-order valence-corrected chi connectivity index (χ3v) is 3.44. The van der Waals surface area contributed by atoms with Crippen molar-refractivity contribution in [3.63, 3.8) is 0 Å². The highest BCUT2D eigenvalue weighted by molar-refractivity contribution is 7.13. The van der Waals surface area contributed by atoms with E-state index in [1.54, 1.807) is 4.90 Å². The summed E-state index contributed by atoms with van der Waals surface area (Å²) >= 11 is 1.38. The van der Waals surface area contributed by atoms with E-state index in [0.717, 1.165) is 5.69 Å². The zero-order chi connectivity index (χ0) is 12.4. The van der Waals surface area contributed by atoms with Crippen LogP contribution in [0.2, 0.25) is 0 Å². The Bertz CT molecular complexity index is 399. The first-order chi connectivity index (χ1) is 8.04. The highest BCUT2D eigenvalue weighted by atomic mass is 32.1.